The molecule has 0 aliphatic rings. The summed E-state index contributed by atoms with van der Waals surface area (Å²) in [5, 5.41) is 3.52. The van der Waals surface area contributed by atoms with Crippen molar-refractivity contribution in [2.75, 3.05) is 23.7 Å². The lowest BCUT2D eigenvalue weighted by Crippen LogP contribution is -2.51. The fourth-order valence-corrected chi connectivity index (χ4v) is 5.46. The first-order valence-corrected chi connectivity index (χ1v) is 15.7. The maximum absolute atomic E-state index is 13.8. The van der Waals surface area contributed by atoms with Crippen LogP contribution in [0, 0.1) is 5.92 Å². The van der Waals surface area contributed by atoms with Crippen molar-refractivity contribution in [3.8, 4) is 0 Å². The fourth-order valence-electron chi connectivity index (χ4n) is 4.37. The number of carbonyl (C=O) groups excluding carboxylic acids is 2. The minimum absolute atomic E-state index is 0.0786. The lowest BCUT2D eigenvalue weighted by molar-refractivity contribution is -0.141. The van der Waals surface area contributed by atoms with Gasteiger partial charge >= 0.3 is 0 Å². The van der Waals surface area contributed by atoms with E-state index < -0.39 is 16.1 Å². The Morgan fingerprint density at radius 3 is 2.00 bits per heavy atom. The number of benzene rings is 3. The molecule has 7 nitrogen and oxygen atoms in total. The standard InChI is InChI=1S/C31H38ClN3O4S/c1-24(2)22-33-31(37)29(21-25-11-6-4-7-12-25)34(23-26-13-8-5-9-14-26)30(36)15-10-20-35(40(3,38)39)28-18-16-27(32)17-19-28/h4-9,11-14,16-19,24,29H,10,15,20-23H2,1-3H3,(H,33,37)/t29-/m1/s1. The largest absolute Gasteiger partial charge is 0.354 e. The maximum atomic E-state index is 13.8. The zero-order valence-corrected chi connectivity index (χ0v) is 24.9. The lowest BCUT2D eigenvalue weighted by Gasteiger charge is -2.32. The normalized spacial score (nSPS) is 12.1. The van der Waals surface area contributed by atoms with Crippen LogP contribution in [0.5, 0.6) is 0 Å². The molecule has 0 fully saturated rings. The van der Waals surface area contributed by atoms with Crippen LogP contribution in [-0.4, -0.2) is 50.5 Å². The number of amides is 2. The van der Waals surface area contributed by atoms with Crippen molar-refractivity contribution in [3.63, 3.8) is 0 Å². The molecule has 0 aromatic heterocycles. The fraction of sp³-hybridized carbons (Fsp3) is 0.355. The summed E-state index contributed by atoms with van der Waals surface area (Å²) in [5.41, 5.74) is 2.34. The van der Waals surface area contributed by atoms with E-state index in [1.54, 1.807) is 29.2 Å². The third-order valence-electron chi connectivity index (χ3n) is 6.42. The quantitative estimate of drug-likeness (QED) is 0.279. The Labute approximate surface area is 243 Å². The predicted octanol–water partition coefficient (Wildman–Crippen LogP) is 5.30. The first-order valence-electron chi connectivity index (χ1n) is 13.4. The van der Waals surface area contributed by atoms with Gasteiger partial charge in [0, 0.05) is 37.5 Å². The summed E-state index contributed by atoms with van der Waals surface area (Å²) >= 11 is 5.98. The Hall–Kier alpha value is -3.36. The second-order valence-corrected chi connectivity index (χ2v) is 12.6. The summed E-state index contributed by atoms with van der Waals surface area (Å²) in [7, 11) is -3.58. The number of rotatable bonds is 14. The number of nitrogens with zero attached hydrogens (tertiary/aromatic N) is 2. The van der Waals surface area contributed by atoms with Crippen molar-refractivity contribution in [2.45, 2.75) is 45.7 Å². The molecular weight excluding hydrogens is 546 g/mol. The molecule has 0 unspecified atom stereocenters. The van der Waals surface area contributed by atoms with Gasteiger partial charge in [0.2, 0.25) is 21.8 Å². The van der Waals surface area contributed by atoms with E-state index in [4.69, 9.17) is 11.6 Å². The van der Waals surface area contributed by atoms with Gasteiger partial charge < -0.3 is 10.2 Å². The van der Waals surface area contributed by atoms with Gasteiger partial charge in [-0.3, -0.25) is 13.9 Å². The molecule has 9 heteroatoms. The van der Waals surface area contributed by atoms with E-state index in [1.165, 1.54) is 4.31 Å². The first-order chi connectivity index (χ1) is 19.0. The Balaban J connectivity index is 1.85. The second-order valence-electron chi connectivity index (χ2n) is 10.3. The average Bonchev–Trinajstić information content (AvgIpc) is 2.92. The van der Waals surface area contributed by atoms with Crippen LogP contribution in [0.25, 0.3) is 0 Å². The zero-order chi connectivity index (χ0) is 29.1. The van der Waals surface area contributed by atoms with Gasteiger partial charge in [0.05, 0.1) is 11.9 Å². The Morgan fingerprint density at radius 1 is 0.875 bits per heavy atom. The van der Waals surface area contributed by atoms with Gasteiger partial charge in [0.1, 0.15) is 6.04 Å². The van der Waals surface area contributed by atoms with Crippen molar-refractivity contribution in [1.82, 2.24) is 10.2 Å². The van der Waals surface area contributed by atoms with Crippen molar-refractivity contribution in [2.24, 2.45) is 5.92 Å². The van der Waals surface area contributed by atoms with Crippen LogP contribution in [-0.2, 0) is 32.6 Å². The van der Waals surface area contributed by atoms with Crippen LogP contribution in [0.2, 0.25) is 5.02 Å². The van der Waals surface area contributed by atoms with E-state index >= 15 is 0 Å². The highest BCUT2D eigenvalue weighted by Gasteiger charge is 2.30. The van der Waals surface area contributed by atoms with Crippen LogP contribution < -0.4 is 9.62 Å². The van der Waals surface area contributed by atoms with Gasteiger partial charge in [-0.05, 0) is 47.7 Å². The summed E-state index contributed by atoms with van der Waals surface area (Å²) in [4.78, 5) is 28.9. The minimum Gasteiger partial charge on any atom is -0.354 e. The van der Waals surface area contributed by atoms with E-state index in [9.17, 15) is 18.0 Å². The van der Waals surface area contributed by atoms with Crippen LogP contribution in [0.1, 0.15) is 37.8 Å². The number of hydrogen-bond acceptors (Lipinski definition) is 4. The number of sulfonamides is 1. The van der Waals surface area contributed by atoms with Gasteiger partial charge in [-0.15, -0.1) is 0 Å². The molecule has 3 aromatic carbocycles. The third-order valence-corrected chi connectivity index (χ3v) is 7.86. The van der Waals surface area contributed by atoms with Crippen LogP contribution >= 0.6 is 11.6 Å². The highest BCUT2D eigenvalue weighted by atomic mass is 35.5. The Morgan fingerprint density at radius 2 is 1.45 bits per heavy atom. The van der Waals surface area contributed by atoms with Crippen molar-refractivity contribution in [1.29, 1.82) is 0 Å². The van der Waals surface area contributed by atoms with Crippen LogP contribution in [0.15, 0.2) is 84.9 Å². The molecule has 1 N–H and O–H groups in total. The van der Waals surface area contributed by atoms with Crippen molar-refractivity contribution >= 4 is 39.1 Å². The van der Waals surface area contributed by atoms with E-state index in [0.29, 0.717) is 23.7 Å². The summed E-state index contributed by atoms with van der Waals surface area (Å²) in [6, 6.07) is 25.0. The van der Waals surface area contributed by atoms with Crippen LogP contribution in [0.3, 0.4) is 0 Å². The van der Waals surface area contributed by atoms with E-state index in [1.807, 2.05) is 74.5 Å². The van der Waals surface area contributed by atoms with Gasteiger partial charge in [0.25, 0.3) is 0 Å². The molecule has 3 aromatic rings. The molecule has 0 spiro atoms. The molecular formula is C31H38ClN3O4S. The van der Waals surface area contributed by atoms with Gasteiger partial charge in [0.15, 0.2) is 0 Å². The van der Waals surface area contributed by atoms with Crippen molar-refractivity contribution in [3.05, 3.63) is 101 Å². The number of halogens is 1. The van der Waals surface area contributed by atoms with E-state index in [-0.39, 0.29) is 43.7 Å². The Bertz CT molecular complexity index is 1330. The number of nitrogens with one attached hydrogen (secondary N) is 1. The molecule has 0 radical (unpaired) electrons. The molecule has 0 saturated heterocycles. The molecule has 214 valence electrons. The molecule has 0 heterocycles. The summed E-state index contributed by atoms with van der Waals surface area (Å²) < 4.78 is 26.4. The molecule has 0 bridgehead atoms. The van der Waals surface area contributed by atoms with Gasteiger partial charge in [-0.25, -0.2) is 8.42 Å². The van der Waals surface area contributed by atoms with Gasteiger partial charge in [-0.2, -0.15) is 0 Å². The number of anilines is 1. The minimum atomic E-state index is -3.58. The highest BCUT2D eigenvalue weighted by Crippen LogP contribution is 2.22. The molecule has 0 saturated carbocycles. The molecule has 0 aliphatic heterocycles. The van der Waals surface area contributed by atoms with E-state index in [0.717, 1.165) is 17.4 Å². The zero-order valence-electron chi connectivity index (χ0n) is 23.3. The first kappa shape index (κ1) is 31.2. The summed E-state index contributed by atoms with van der Waals surface area (Å²) in [5.74, 6) is -0.163. The maximum Gasteiger partial charge on any atom is 0.243 e. The smallest absolute Gasteiger partial charge is 0.243 e. The Kier molecular flexibility index (Phi) is 11.6. The molecule has 2 amide bonds. The van der Waals surface area contributed by atoms with Crippen LogP contribution in [0.4, 0.5) is 5.69 Å². The van der Waals surface area contributed by atoms with E-state index in [2.05, 4.69) is 5.32 Å². The lowest BCUT2D eigenvalue weighted by atomic mass is 10.0. The molecule has 40 heavy (non-hydrogen) atoms. The highest BCUT2D eigenvalue weighted by molar-refractivity contribution is 7.92. The second kappa shape index (κ2) is 14.9. The molecule has 0 aliphatic carbocycles. The summed E-state index contributed by atoms with van der Waals surface area (Å²) in [6.45, 7) is 4.93. The average molecular weight is 584 g/mol. The number of carbonyl (C=O) groups is 2. The topological polar surface area (TPSA) is 86.8 Å². The molecule has 3 rings (SSSR count). The third kappa shape index (κ3) is 9.68. The predicted molar refractivity (Wildman–Crippen MR) is 162 cm³/mol. The van der Waals surface area contributed by atoms with Gasteiger partial charge in [-0.1, -0.05) is 86.1 Å². The monoisotopic (exact) mass is 583 g/mol. The SMILES string of the molecule is CC(C)CNC(=O)[C@@H](Cc1ccccc1)N(Cc1ccccc1)C(=O)CCCN(c1ccc(Cl)cc1)S(C)(=O)=O. The van der Waals surface area contributed by atoms with Crippen molar-refractivity contribution < 1.29 is 18.0 Å². The molecule has 1 atom stereocenters. The summed E-state index contributed by atoms with van der Waals surface area (Å²) in [6.07, 6.45) is 1.87. The number of hydrogen-bond donors (Lipinski definition) is 1.